The third-order valence-corrected chi connectivity index (χ3v) is 13.1. The fraction of sp³-hybridized carbons (Fsp3) is 0.939. The van der Waals surface area contributed by atoms with Gasteiger partial charge < -0.3 is 39.7 Å². The van der Waals surface area contributed by atoms with E-state index in [4.69, 9.17) is 14.2 Å². The van der Waals surface area contributed by atoms with Crippen molar-refractivity contribution in [1.82, 2.24) is 0 Å². The van der Waals surface area contributed by atoms with Gasteiger partial charge in [0, 0.05) is 12.3 Å². The van der Waals surface area contributed by atoms with E-state index in [2.05, 4.69) is 27.7 Å². The minimum Gasteiger partial charge on any atom is -0.494 e. The van der Waals surface area contributed by atoms with Gasteiger partial charge in [-0.3, -0.25) is 0 Å². The zero-order chi connectivity index (χ0) is 29.3. The quantitative estimate of drug-likeness (QED) is 0.311. The summed E-state index contributed by atoms with van der Waals surface area (Å²) in [5, 5.41) is 50.0. The van der Waals surface area contributed by atoms with Crippen LogP contribution >= 0.6 is 0 Å². The van der Waals surface area contributed by atoms with Crippen LogP contribution in [0.1, 0.15) is 91.9 Å². The second-order valence-electron chi connectivity index (χ2n) is 15.3. The number of aliphatic hydroxyl groups is 5. The van der Waals surface area contributed by atoms with E-state index < -0.39 is 37.3 Å². The Morgan fingerprint density at radius 1 is 0.927 bits per heavy atom. The maximum Gasteiger partial charge on any atom is 0.186 e. The molecule has 15 atom stereocenters. The fourth-order valence-electron chi connectivity index (χ4n) is 10.7. The van der Waals surface area contributed by atoms with Gasteiger partial charge in [0.1, 0.15) is 30.5 Å². The zero-order valence-electron chi connectivity index (χ0n) is 25.5. The molecule has 0 spiro atoms. The standard InChI is InChI=1S/C33H54O8/c1-17(16-39-31-30(38)29(37)28(36)26(15-34)41-31)5-8-24-18(2)27-25(40-24)14-23-21-7-6-19-13-20(35)9-11-32(19,3)22(21)10-12-33(23,27)4/h17,19-23,25-31,34-38H,5-16H2,1-4H3/t17-,19-,20-,21+,22-,23-,25-,26+,27-,28+,29-,30+,31+,32-,33-/m0/s1. The molecular formula is C33H54O8. The molecule has 0 aromatic carbocycles. The normalized spacial score (nSPS) is 51.8. The van der Waals surface area contributed by atoms with Crippen molar-refractivity contribution in [2.24, 2.45) is 46.3 Å². The zero-order valence-corrected chi connectivity index (χ0v) is 25.5. The molecule has 1 saturated heterocycles. The highest BCUT2D eigenvalue weighted by atomic mass is 16.7. The molecule has 0 aromatic heterocycles. The second-order valence-corrected chi connectivity index (χ2v) is 15.3. The molecule has 5 N–H and O–H groups in total. The summed E-state index contributed by atoms with van der Waals surface area (Å²) in [5.74, 6) is 4.82. The number of hydrogen-bond acceptors (Lipinski definition) is 8. The first-order valence-electron chi connectivity index (χ1n) is 16.4. The largest absolute Gasteiger partial charge is 0.494 e. The molecule has 4 aliphatic carbocycles. The lowest BCUT2D eigenvalue weighted by molar-refractivity contribution is -0.303. The Kier molecular flexibility index (Phi) is 8.36. The first kappa shape index (κ1) is 30.3. The molecule has 0 aromatic rings. The first-order valence-corrected chi connectivity index (χ1v) is 16.4. The first-order chi connectivity index (χ1) is 19.5. The van der Waals surface area contributed by atoms with Crippen molar-refractivity contribution in [1.29, 1.82) is 0 Å². The molecule has 8 nitrogen and oxygen atoms in total. The van der Waals surface area contributed by atoms with Gasteiger partial charge in [-0.1, -0.05) is 20.8 Å². The summed E-state index contributed by atoms with van der Waals surface area (Å²) in [7, 11) is 0. The van der Waals surface area contributed by atoms with Gasteiger partial charge in [0.2, 0.25) is 0 Å². The van der Waals surface area contributed by atoms with E-state index >= 15 is 0 Å². The van der Waals surface area contributed by atoms with E-state index in [1.807, 2.05) is 0 Å². The van der Waals surface area contributed by atoms with Crippen molar-refractivity contribution in [3.8, 4) is 0 Å². The monoisotopic (exact) mass is 578 g/mol. The predicted octanol–water partition coefficient (Wildman–Crippen LogP) is 3.52. The molecule has 2 aliphatic heterocycles. The van der Waals surface area contributed by atoms with Gasteiger partial charge in [0.25, 0.3) is 0 Å². The topological polar surface area (TPSA) is 129 Å². The number of allylic oxidation sites excluding steroid dienone is 1. The highest BCUT2D eigenvalue weighted by molar-refractivity contribution is 5.26. The highest BCUT2D eigenvalue weighted by Crippen LogP contribution is 2.69. The lowest BCUT2D eigenvalue weighted by Gasteiger charge is -2.60. The van der Waals surface area contributed by atoms with E-state index in [1.165, 1.54) is 44.1 Å². The van der Waals surface area contributed by atoms with Crippen LogP contribution in [0, 0.1) is 46.3 Å². The summed E-state index contributed by atoms with van der Waals surface area (Å²) in [6.07, 6.45) is 5.25. The van der Waals surface area contributed by atoms with Crippen LogP contribution < -0.4 is 0 Å². The number of ether oxygens (including phenoxy) is 3. The lowest BCUT2D eigenvalue weighted by atomic mass is 9.44. The Morgan fingerprint density at radius 2 is 1.68 bits per heavy atom. The van der Waals surface area contributed by atoms with E-state index in [0.29, 0.717) is 29.3 Å². The average molecular weight is 579 g/mol. The van der Waals surface area contributed by atoms with Crippen LogP contribution in [-0.4, -0.2) is 81.7 Å². The Labute approximate surface area is 245 Å². The average Bonchev–Trinajstić information content (AvgIpc) is 3.43. The number of hydrogen-bond donors (Lipinski definition) is 5. The highest BCUT2D eigenvalue weighted by Gasteiger charge is 2.64. The van der Waals surface area contributed by atoms with Crippen molar-refractivity contribution in [3.05, 3.63) is 11.3 Å². The molecule has 6 aliphatic rings. The van der Waals surface area contributed by atoms with Crippen LogP contribution in [0.15, 0.2) is 11.3 Å². The van der Waals surface area contributed by atoms with Crippen LogP contribution in [0.25, 0.3) is 0 Å². The smallest absolute Gasteiger partial charge is 0.186 e. The third kappa shape index (κ3) is 5.01. The number of fused-ring (bicyclic) bond motifs is 7. The molecule has 5 fully saturated rings. The molecule has 0 radical (unpaired) electrons. The van der Waals surface area contributed by atoms with Gasteiger partial charge in [-0.25, -0.2) is 0 Å². The van der Waals surface area contributed by atoms with Crippen LogP contribution in [0.2, 0.25) is 0 Å². The van der Waals surface area contributed by atoms with Crippen molar-refractivity contribution in [2.75, 3.05) is 13.2 Å². The van der Waals surface area contributed by atoms with Crippen molar-refractivity contribution in [3.63, 3.8) is 0 Å². The van der Waals surface area contributed by atoms with Crippen LogP contribution in [0.5, 0.6) is 0 Å². The van der Waals surface area contributed by atoms with Crippen molar-refractivity contribution in [2.45, 2.75) is 135 Å². The lowest BCUT2D eigenvalue weighted by Crippen LogP contribution is -2.59. The Bertz CT molecular complexity index is 984. The van der Waals surface area contributed by atoms with Crippen LogP contribution in [0.4, 0.5) is 0 Å². The van der Waals surface area contributed by atoms with Gasteiger partial charge in [-0.15, -0.1) is 0 Å². The Hall–Kier alpha value is -0.740. The second kappa shape index (κ2) is 11.3. The molecule has 2 heterocycles. The summed E-state index contributed by atoms with van der Waals surface area (Å²) < 4.78 is 18.0. The molecule has 0 bridgehead atoms. The molecule has 8 heteroatoms. The van der Waals surface area contributed by atoms with E-state index in [1.54, 1.807) is 0 Å². The molecule has 41 heavy (non-hydrogen) atoms. The van der Waals surface area contributed by atoms with Gasteiger partial charge in [0.05, 0.1) is 25.1 Å². The third-order valence-electron chi connectivity index (χ3n) is 13.1. The SMILES string of the molecule is CC1=C(CC[C@H](C)CO[C@@H]2O[C@H](CO)[C@@H](O)[C@H](O)[C@H]2O)O[C@H]2C[C@H]3[C@@H]4CC[C@H]5C[C@@H](O)CC[C@]5(C)[C@H]4CC[C@]3(C)[C@@H]12. The predicted molar refractivity (Wildman–Crippen MR) is 152 cm³/mol. The Morgan fingerprint density at radius 3 is 2.44 bits per heavy atom. The minimum atomic E-state index is -1.42. The van der Waals surface area contributed by atoms with E-state index in [-0.39, 0.29) is 18.1 Å². The number of aliphatic hydroxyl groups excluding tert-OH is 5. The number of rotatable bonds is 7. The van der Waals surface area contributed by atoms with Crippen LogP contribution in [-0.2, 0) is 14.2 Å². The molecular weight excluding hydrogens is 524 g/mol. The van der Waals surface area contributed by atoms with Gasteiger partial charge >= 0.3 is 0 Å². The van der Waals surface area contributed by atoms with Crippen molar-refractivity contribution >= 4 is 0 Å². The van der Waals surface area contributed by atoms with Gasteiger partial charge in [-0.05, 0) is 111 Å². The molecule has 0 amide bonds. The molecule has 0 unspecified atom stereocenters. The summed E-state index contributed by atoms with van der Waals surface area (Å²) in [5.41, 5.74) is 2.14. The summed E-state index contributed by atoms with van der Waals surface area (Å²) in [4.78, 5) is 0. The summed E-state index contributed by atoms with van der Waals surface area (Å²) in [6.45, 7) is 9.39. The molecule has 234 valence electrons. The summed E-state index contributed by atoms with van der Waals surface area (Å²) >= 11 is 0. The minimum absolute atomic E-state index is 0.0917. The molecule has 4 saturated carbocycles. The maximum absolute atomic E-state index is 10.4. The van der Waals surface area contributed by atoms with E-state index in [9.17, 15) is 25.5 Å². The van der Waals surface area contributed by atoms with Crippen LogP contribution in [0.3, 0.4) is 0 Å². The Balaban J connectivity index is 1.06. The van der Waals surface area contributed by atoms with Gasteiger partial charge in [-0.2, -0.15) is 0 Å². The maximum atomic E-state index is 10.4. The van der Waals surface area contributed by atoms with E-state index in [0.717, 1.165) is 49.2 Å². The van der Waals surface area contributed by atoms with Crippen molar-refractivity contribution < 1.29 is 39.7 Å². The van der Waals surface area contributed by atoms with Gasteiger partial charge in [0.15, 0.2) is 6.29 Å². The summed E-state index contributed by atoms with van der Waals surface area (Å²) in [6, 6.07) is 0. The fourth-order valence-corrected chi connectivity index (χ4v) is 10.7. The molecule has 6 rings (SSSR count).